The molecular weight excluding hydrogens is 424 g/mol. The van der Waals surface area contributed by atoms with E-state index in [2.05, 4.69) is 54.4 Å². The van der Waals surface area contributed by atoms with Gasteiger partial charge in [-0.05, 0) is 42.3 Å². The summed E-state index contributed by atoms with van der Waals surface area (Å²) < 4.78 is 18.2. The van der Waals surface area contributed by atoms with Gasteiger partial charge in [-0.25, -0.2) is 5.01 Å². The summed E-state index contributed by atoms with van der Waals surface area (Å²) >= 11 is 0. The van der Waals surface area contributed by atoms with Crippen molar-refractivity contribution >= 4 is 5.71 Å². The summed E-state index contributed by atoms with van der Waals surface area (Å²) in [6.45, 7) is 2.97. The molecule has 5 heteroatoms. The molecule has 0 amide bonds. The van der Waals surface area contributed by atoms with Crippen LogP contribution in [0.1, 0.15) is 68.0 Å². The molecule has 2 aliphatic heterocycles. The molecular formula is C29H32N2O3. The molecule has 0 spiro atoms. The number of para-hydroxylation sites is 1. The van der Waals surface area contributed by atoms with Crippen molar-refractivity contribution in [3.63, 3.8) is 0 Å². The summed E-state index contributed by atoms with van der Waals surface area (Å²) in [6.07, 6.45) is 5.27. The Hall–Kier alpha value is -3.47. The van der Waals surface area contributed by atoms with E-state index in [9.17, 15) is 0 Å². The predicted molar refractivity (Wildman–Crippen MR) is 135 cm³/mol. The van der Waals surface area contributed by atoms with E-state index >= 15 is 0 Å². The zero-order chi connectivity index (χ0) is 23.3. The van der Waals surface area contributed by atoms with Crippen molar-refractivity contribution < 1.29 is 14.2 Å². The molecule has 176 valence electrons. The normalized spacial score (nSPS) is 18.5. The second kappa shape index (κ2) is 10.2. The number of nitrogens with zero attached hydrogens (tertiary/aromatic N) is 2. The van der Waals surface area contributed by atoms with E-state index in [1.165, 1.54) is 19.3 Å². The van der Waals surface area contributed by atoms with E-state index in [1.54, 1.807) is 7.11 Å². The SMILES string of the molecule is CCCCCCOc1ccc([C@H]2Oc3c(OC)cccc3[C@H]3CC(c4ccccc4)=NN32)cc1. The molecule has 0 N–H and O–H groups in total. The number of ether oxygens (including phenoxy) is 3. The first-order valence-electron chi connectivity index (χ1n) is 12.3. The highest BCUT2D eigenvalue weighted by Gasteiger charge is 2.42. The van der Waals surface area contributed by atoms with Crippen LogP contribution < -0.4 is 14.2 Å². The first kappa shape index (κ1) is 22.3. The van der Waals surface area contributed by atoms with E-state index in [1.807, 2.05) is 30.3 Å². The van der Waals surface area contributed by atoms with Crippen molar-refractivity contribution in [3.05, 3.63) is 89.5 Å². The average Bonchev–Trinajstić information content (AvgIpc) is 3.35. The maximum absolute atomic E-state index is 6.56. The summed E-state index contributed by atoms with van der Waals surface area (Å²) in [5.74, 6) is 2.44. The number of hydrogen-bond acceptors (Lipinski definition) is 5. The number of hydrazone groups is 1. The molecule has 0 aliphatic carbocycles. The van der Waals surface area contributed by atoms with Gasteiger partial charge in [-0.3, -0.25) is 0 Å². The minimum absolute atomic E-state index is 0.0912. The van der Waals surface area contributed by atoms with E-state index in [-0.39, 0.29) is 12.3 Å². The van der Waals surface area contributed by atoms with Crippen molar-refractivity contribution in [3.8, 4) is 17.2 Å². The number of fused-ring (bicyclic) bond motifs is 3. The van der Waals surface area contributed by atoms with Gasteiger partial charge in [-0.1, -0.05) is 68.7 Å². The zero-order valence-electron chi connectivity index (χ0n) is 19.9. The highest BCUT2D eigenvalue weighted by Crippen LogP contribution is 2.50. The average molecular weight is 457 g/mol. The van der Waals surface area contributed by atoms with Crippen LogP contribution in [0, 0.1) is 0 Å². The van der Waals surface area contributed by atoms with Crippen molar-refractivity contribution in [2.45, 2.75) is 51.3 Å². The number of hydrogen-bond donors (Lipinski definition) is 0. The van der Waals surface area contributed by atoms with Gasteiger partial charge in [-0.15, -0.1) is 0 Å². The number of methoxy groups -OCH3 is 1. The Morgan fingerprint density at radius 2 is 1.76 bits per heavy atom. The molecule has 3 aromatic carbocycles. The zero-order valence-corrected chi connectivity index (χ0v) is 19.9. The lowest BCUT2D eigenvalue weighted by Crippen LogP contribution is -2.33. The van der Waals surface area contributed by atoms with Crippen LogP contribution in [0.5, 0.6) is 17.2 Å². The lowest BCUT2D eigenvalue weighted by atomic mass is 9.95. The monoisotopic (exact) mass is 456 g/mol. The molecule has 0 radical (unpaired) electrons. The fourth-order valence-electron chi connectivity index (χ4n) is 4.72. The lowest BCUT2D eigenvalue weighted by molar-refractivity contribution is -0.0209. The molecule has 2 aliphatic rings. The highest BCUT2D eigenvalue weighted by atomic mass is 16.5. The molecule has 0 saturated carbocycles. The standard InChI is InChI=1S/C29H32N2O3/c1-3-4-5-9-19-33-23-17-15-22(16-18-23)29-31-26(20-25(30-31)21-11-7-6-8-12-21)24-13-10-14-27(32-2)28(24)34-29/h6-8,10-18,26,29H,3-5,9,19-20H2,1-2H3/t26-,29-/m1/s1. The Kier molecular flexibility index (Phi) is 6.70. The molecule has 0 fully saturated rings. The van der Waals surface area contributed by atoms with Gasteiger partial charge in [0.15, 0.2) is 11.5 Å². The third kappa shape index (κ3) is 4.47. The Labute approximate surface area is 202 Å². The van der Waals surface area contributed by atoms with Crippen molar-refractivity contribution in [1.82, 2.24) is 5.01 Å². The number of unbranched alkanes of at least 4 members (excludes halogenated alkanes) is 3. The summed E-state index contributed by atoms with van der Waals surface area (Å²) in [6, 6.07) is 24.8. The molecule has 2 atom stereocenters. The molecule has 0 bridgehead atoms. The van der Waals surface area contributed by atoms with Crippen molar-refractivity contribution in [2.75, 3.05) is 13.7 Å². The van der Waals surface area contributed by atoms with Crippen molar-refractivity contribution in [1.29, 1.82) is 0 Å². The predicted octanol–water partition coefficient (Wildman–Crippen LogP) is 6.90. The fraction of sp³-hybridized carbons (Fsp3) is 0.345. The maximum Gasteiger partial charge on any atom is 0.214 e. The summed E-state index contributed by atoms with van der Waals surface area (Å²) in [4.78, 5) is 0. The summed E-state index contributed by atoms with van der Waals surface area (Å²) in [7, 11) is 1.69. The van der Waals surface area contributed by atoms with Crippen LogP contribution in [0.3, 0.4) is 0 Å². The van der Waals surface area contributed by atoms with Crippen LogP contribution in [0.4, 0.5) is 0 Å². The second-order valence-corrected chi connectivity index (χ2v) is 8.84. The van der Waals surface area contributed by atoms with Gasteiger partial charge in [0.2, 0.25) is 6.23 Å². The molecule has 3 aromatic rings. The minimum Gasteiger partial charge on any atom is -0.494 e. The Balaban J connectivity index is 1.42. The summed E-state index contributed by atoms with van der Waals surface area (Å²) in [5, 5.41) is 7.15. The molecule has 5 nitrogen and oxygen atoms in total. The quantitative estimate of drug-likeness (QED) is 0.329. The topological polar surface area (TPSA) is 43.3 Å². The lowest BCUT2D eigenvalue weighted by Gasteiger charge is -2.38. The van der Waals surface area contributed by atoms with Gasteiger partial charge in [-0.2, -0.15) is 5.10 Å². The van der Waals surface area contributed by atoms with Gasteiger partial charge in [0, 0.05) is 17.5 Å². The van der Waals surface area contributed by atoms with Crippen LogP contribution >= 0.6 is 0 Å². The van der Waals surface area contributed by atoms with Gasteiger partial charge in [0.25, 0.3) is 0 Å². The van der Waals surface area contributed by atoms with Crippen LogP contribution in [0.25, 0.3) is 0 Å². The van der Waals surface area contributed by atoms with Crippen LogP contribution in [0.15, 0.2) is 77.9 Å². The highest BCUT2D eigenvalue weighted by molar-refractivity contribution is 6.01. The van der Waals surface area contributed by atoms with Crippen molar-refractivity contribution in [2.24, 2.45) is 5.10 Å². The minimum atomic E-state index is -0.339. The van der Waals surface area contributed by atoms with Gasteiger partial charge in [0.05, 0.1) is 25.5 Å². The Morgan fingerprint density at radius 1 is 0.941 bits per heavy atom. The fourth-order valence-corrected chi connectivity index (χ4v) is 4.72. The number of rotatable bonds is 9. The van der Waals surface area contributed by atoms with E-state index in [4.69, 9.17) is 19.3 Å². The molecule has 34 heavy (non-hydrogen) atoms. The molecule has 0 saturated heterocycles. The van der Waals surface area contributed by atoms with Crippen LogP contribution in [-0.2, 0) is 0 Å². The van der Waals surface area contributed by atoms with E-state index < -0.39 is 0 Å². The molecule has 2 heterocycles. The Bertz CT molecular complexity index is 1130. The van der Waals surface area contributed by atoms with Crippen LogP contribution in [0.2, 0.25) is 0 Å². The number of benzene rings is 3. The second-order valence-electron chi connectivity index (χ2n) is 8.84. The van der Waals surface area contributed by atoms with Crippen LogP contribution in [-0.4, -0.2) is 24.4 Å². The smallest absolute Gasteiger partial charge is 0.214 e. The van der Waals surface area contributed by atoms with Gasteiger partial charge in [0.1, 0.15) is 5.75 Å². The first-order chi connectivity index (χ1) is 16.8. The Morgan fingerprint density at radius 3 is 2.53 bits per heavy atom. The van der Waals surface area contributed by atoms with E-state index in [0.717, 1.165) is 59.1 Å². The molecule has 5 rings (SSSR count). The third-order valence-corrected chi connectivity index (χ3v) is 6.54. The largest absolute Gasteiger partial charge is 0.494 e. The van der Waals surface area contributed by atoms with Gasteiger partial charge >= 0.3 is 0 Å². The van der Waals surface area contributed by atoms with Gasteiger partial charge < -0.3 is 14.2 Å². The molecule has 0 aromatic heterocycles. The molecule has 0 unspecified atom stereocenters. The first-order valence-corrected chi connectivity index (χ1v) is 12.3. The van der Waals surface area contributed by atoms with E-state index in [0.29, 0.717) is 0 Å². The maximum atomic E-state index is 6.56. The summed E-state index contributed by atoms with van der Waals surface area (Å²) in [5.41, 5.74) is 4.36. The third-order valence-electron chi connectivity index (χ3n) is 6.54.